The van der Waals surface area contributed by atoms with Crippen LogP contribution in [0.5, 0.6) is 0 Å². The van der Waals surface area contributed by atoms with Gasteiger partial charge in [0, 0.05) is 17.8 Å². The zero-order chi connectivity index (χ0) is 14.7. The number of hydrogen-bond acceptors (Lipinski definition) is 3. The molecule has 1 amide bonds. The lowest BCUT2D eigenvalue weighted by Crippen LogP contribution is -2.32. The monoisotopic (exact) mass is 297 g/mol. The van der Waals surface area contributed by atoms with E-state index in [2.05, 4.69) is 29.3 Å². The van der Waals surface area contributed by atoms with Crippen molar-refractivity contribution < 1.29 is 9.90 Å². The Hall–Kier alpha value is -2.09. The fourth-order valence-electron chi connectivity index (χ4n) is 2.51. The molecule has 21 heavy (non-hydrogen) atoms. The van der Waals surface area contributed by atoms with E-state index in [4.69, 9.17) is 5.11 Å². The number of carbonyl (C=O) groups excluding carboxylic acids is 1. The highest BCUT2D eigenvalue weighted by Gasteiger charge is 2.25. The summed E-state index contributed by atoms with van der Waals surface area (Å²) in [6.07, 6.45) is 1.04. The summed E-state index contributed by atoms with van der Waals surface area (Å²) < 4.78 is 0. The number of fused-ring (bicyclic) bond motifs is 1. The molecule has 1 atom stereocenters. The van der Waals surface area contributed by atoms with Crippen molar-refractivity contribution in [2.45, 2.75) is 12.3 Å². The van der Waals surface area contributed by atoms with Gasteiger partial charge < -0.3 is 10.4 Å². The Morgan fingerprint density at radius 1 is 1.43 bits per heavy atom. The second-order valence-electron chi connectivity index (χ2n) is 4.97. The van der Waals surface area contributed by atoms with Gasteiger partial charge in [-0.15, -0.1) is 11.3 Å². The van der Waals surface area contributed by atoms with Gasteiger partial charge in [0.15, 0.2) is 0 Å². The molecule has 1 aromatic carbocycles. The third-order valence-corrected chi connectivity index (χ3v) is 4.47. The van der Waals surface area contributed by atoms with Gasteiger partial charge in [0.05, 0.1) is 10.4 Å². The molecular weight excluding hydrogens is 282 g/mol. The molecule has 3 nitrogen and oxygen atoms in total. The fourth-order valence-corrected chi connectivity index (χ4v) is 3.27. The highest BCUT2D eigenvalue weighted by molar-refractivity contribution is 7.10. The van der Waals surface area contributed by atoms with Crippen LogP contribution in [0, 0.1) is 11.8 Å². The number of aliphatic hydroxyl groups excluding tert-OH is 1. The first-order chi connectivity index (χ1) is 10.3. The van der Waals surface area contributed by atoms with E-state index in [1.54, 1.807) is 11.4 Å². The molecule has 1 heterocycles. The van der Waals surface area contributed by atoms with Crippen LogP contribution in [0.25, 0.3) is 0 Å². The van der Waals surface area contributed by atoms with Crippen LogP contribution < -0.4 is 5.32 Å². The maximum atomic E-state index is 12.1. The van der Waals surface area contributed by atoms with E-state index < -0.39 is 0 Å². The standard InChI is InChI=1S/C17H15NO2S/c19-7-3-5-15-9-14(11-21-15)17(20)18-10-13-8-12-4-1-2-6-16(12)13/h1-2,4,6,9,11,13,19H,7-8,10H2,(H,18,20). The van der Waals surface area contributed by atoms with Gasteiger partial charge in [-0.2, -0.15) is 0 Å². The molecule has 1 unspecified atom stereocenters. The molecule has 2 aromatic rings. The predicted octanol–water partition coefficient (Wildman–Crippen LogP) is 2.16. The van der Waals surface area contributed by atoms with E-state index in [0.717, 1.165) is 11.3 Å². The van der Waals surface area contributed by atoms with Crippen molar-refractivity contribution in [2.75, 3.05) is 13.2 Å². The lowest BCUT2D eigenvalue weighted by molar-refractivity contribution is 0.0950. The summed E-state index contributed by atoms with van der Waals surface area (Å²) in [7, 11) is 0. The normalized spacial score (nSPS) is 15.4. The van der Waals surface area contributed by atoms with Crippen molar-refractivity contribution >= 4 is 17.2 Å². The molecule has 0 aliphatic heterocycles. The number of hydrogen-bond donors (Lipinski definition) is 2. The Morgan fingerprint density at radius 3 is 3.10 bits per heavy atom. The van der Waals surface area contributed by atoms with Crippen LogP contribution in [0.4, 0.5) is 0 Å². The topological polar surface area (TPSA) is 49.3 Å². The first-order valence-electron chi connectivity index (χ1n) is 6.82. The molecule has 0 spiro atoms. The average Bonchev–Trinajstić information content (AvgIpc) is 2.95. The molecule has 106 valence electrons. The largest absolute Gasteiger partial charge is 0.384 e. The molecule has 0 saturated carbocycles. The van der Waals surface area contributed by atoms with E-state index in [0.29, 0.717) is 18.0 Å². The van der Waals surface area contributed by atoms with Gasteiger partial charge in [-0.1, -0.05) is 36.1 Å². The SMILES string of the molecule is O=C(NCC1Cc2ccccc21)c1csc(C#CCO)c1. The minimum absolute atomic E-state index is 0.0623. The summed E-state index contributed by atoms with van der Waals surface area (Å²) in [6.45, 7) is 0.504. The minimum atomic E-state index is -0.166. The number of thiophene rings is 1. The van der Waals surface area contributed by atoms with E-state index in [-0.39, 0.29) is 12.5 Å². The van der Waals surface area contributed by atoms with E-state index in [9.17, 15) is 4.79 Å². The molecule has 0 saturated heterocycles. The Balaban J connectivity index is 1.57. The Kier molecular flexibility index (Phi) is 4.05. The molecule has 1 aliphatic carbocycles. The minimum Gasteiger partial charge on any atom is -0.384 e. The van der Waals surface area contributed by atoms with Gasteiger partial charge in [0.25, 0.3) is 5.91 Å². The second-order valence-corrected chi connectivity index (χ2v) is 5.88. The van der Waals surface area contributed by atoms with Crippen molar-refractivity contribution in [1.29, 1.82) is 0 Å². The quantitative estimate of drug-likeness (QED) is 0.853. The summed E-state index contributed by atoms with van der Waals surface area (Å²) in [4.78, 5) is 12.9. The molecule has 0 bridgehead atoms. The van der Waals surface area contributed by atoms with Crippen molar-refractivity contribution in [1.82, 2.24) is 5.32 Å². The molecule has 2 N–H and O–H groups in total. The molecule has 4 heteroatoms. The summed E-state index contributed by atoms with van der Waals surface area (Å²) in [5.74, 6) is 5.75. The van der Waals surface area contributed by atoms with Crippen LogP contribution in [-0.2, 0) is 6.42 Å². The Labute approximate surface area is 127 Å². The third-order valence-electron chi connectivity index (χ3n) is 3.62. The molecular formula is C17H15NO2S. The van der Waals surface area contributed by atoms with Gasteiger partial charge in [0.2, 0.25) is 0 Å². The van der Waals surface area contributed by atoms with Crippen LogP contribution in [0.15, 0.2) is 35.7 Å². The van der Waals surface area contributed by atoms with Gasteiger partial charge in [0.1, 0.15) is 6.61 Å². The van der Waals surface area contributed by atoms with Gasteiger partial charge in [-0.05, 0) is 23.6 Å². The van der Waals surface area contributed by atoms with E-state index in [1.807, 2.05) is 12.1 Å². The smallest absolute Gasteiger partial charge is 0.252 e. The number of nitrogens with one attached hydrogen (secondary N) is 1. The predicted molar refractivity (Wildman–Crippen MR) is 83.5 cm³/mol. The highest BCUT2D eigenvalue weighted by Crippen LogP contribution is 2.34. The van der Waals surface area contributed by atoms with Crippen molar-refractivity contribution in [3.05, 3.63) is 57.3 Å². The summed E-state index contributed by atoms with van der Waals surface area (Å²) >= 11 is 1.41. The lowest BCUT2D eigenvalue weighted by Gasteiger charge is -2.30. The lowest BCUT2D eigenvalue weighted by atomic mass is 9.77. The first-order valence-corrected chi connectivity index (χ1v) is 7.70. The third kappa shape index (κ3) is 2.99. The zero-order valence-corrected chi connectivity index (χ0v) is 12.2. The number of carbonyl (C=O) groups is 1. The highest BCUT2D eigenvalue weighted by atomic mass is 32.1. The molecule has 3 rings (SSSR count). The number of benzene rings is 1. The Morgan fingerprint density at radius 2 is 2.29 bits per heavy atom. The zero-order valence-electron chi connectivity index (χ0n) is 11.4. The van der Waals surface area contributed by atoms with Crippen LogP contribution >= 0.6 is 11.3 Å². The van der Waals surface area contributed by atoms with Crippen LogP contribution in [0.3, 0.4) is 0 Å². The van der Waals surface area contributed by atoms with Crippen LogP contribution in [0.2, 0.25) is 0 Å². The molecule has 1 aromatic heterocycles. The summed E-state index contributed by atoms with van der Waals surface area (Å²) in [6, 6.07) is 10.1. The maximum absolute atomic E-state index is 12.1. The first kappa shape index (κ1) is 13.9. The van der Waals surface area contributed by atoms with Gasteiger partial charge in [-0.25, -0.2) is 0 Å². The molecule has 0 fully saturated rings. The number of aliphatic hydroxyl groups is 1. The number of amides is 1. The second kappa shape index (κ2) is 6.13. The van der Waals surface area contributed by atoms with Crippen molar-refractivity contribution in [3.63, 3.8) is 0 Å². The van der Waals surface area contributed by atoms with Gasteiger partial charge in [-0.3, -0.25) is 4.79 Å². The molecule has 0 radical (unpaired) electrons. The van der Waals surface area contributed by atoms with Crippen molar-refractivity contribution in [2.24, 2.45) is 0 Å². The summed E-state index contributed by atoms with van der Waals surface area (Å²) in [5, 5.41) is 13.4. The van der Waals surface area contributed by atoms with E-state index >= 15 is 0 Å². The fraction of sp³-hybridized carbons (Fsp3) is 0.235. The molecule has 1 aliphatic rings. The van der Waals surface area contributed by atoms with Crippen molar-refractivity contribution in [3.8, 4) is 11.8 Å². The van der Waals surface area contributed by atoms with Crippen LogP contribution in [-0.4, -0.2) is 24.2 Å². The average molecular weight is 297 g/mol. The number of rotatable bonds is 3. The summed E-state index contributed by atoms with van der Waals surface area (Å²) in [5.41, 5.74) is 3.36. The van der Waals surface area contributed by atoms with Crippen LogP contribution in [0.1, 0.15) is 32.3 Å². The van der Waals surface area contributed by atoms with Gasteiger partial charge >= 0.3 is 0 Å². The Bertz CT molecular complexity index is 724. The maximum Gasteiger partial charge on any atom is 0.252 e. The van der Waals surface area contributed by atoms with E-state index in [1.165, 1.54) is 22.5 Å².